The number of ether oxygens (including phenoxy) is 1. The van der Waals surface area contributed by atoms with E-state index in [2.05, 4.69) is 36.5 Å². The van der Waals surface area contributed by atoms with Crippen LogP contribution in [0, 0.1) is 0 Å². The van der Waals surface area contributed by atoms with Crippen molar-refractivity contribution in [2.45, 2.75) is 44.6 Å². The molecule has 2 nitrogen and oxygen atoms in total. The van der Waals surface area contributed by atoms with Crippen LogP contribution < -0.4 is 10.1 Å². The van der Waals surface area contributed by atoms with E-state index in [1.807, 2.05) is 0 Å². The third-order valence-electron chi connectivity index (χ3n) is 3.76. The van der Waals surface area contributed by atoms with E-state index in [4.69, 9.17) is 4.74 Å². The van der Waals surface area contributed by atoms with Gasteiger partial charge in [0.1, 0.15) is 5.75 Å². The van der Waals surface area contributed by atoms with Crippen LogP contribution in [-0.2, 0) is 6.42 Å². The van der Waals surface area contributed by atoms with Crippen LogP contribution in [0.5, 0.6) is 5.75 Å². The number of methoxy groups -OCH3 is 1. The average Bonchev–Trinajstić information content (AvgIpc) is 2.79. The van der Waals surface area contributed by atoms with E-state index in [0.29, 0.717) is 5.54 Å². The molecule has 0 bridgehead atoms. The SMILES string of the molecule is CCCC1(Cc2ccc(OC)cc2)CCCN1. The average molecular weight is 233 g/mol. The maximum Gasteiger partial charge on any atom is 0.118 e. The molecule has 0 aliphatic carbocycles. The second kappa shape index (κ2) is 5.54. The van der Waals surface area contributed by atoms with Crippen LogP contribution in [0.1, 0.15) is 38.2 Å². The Kier molecular flexibility index (Phi) is 4.06. The molecular weight excluding hydrogens is 210 g/mol. The summed E-state index contributed by atoms with van der Waals surface area (Å²) >= 11 is 0. The largest absolute Gasteiger partial charge is 0.497 e. The number of hydrogen-bond acceptors (Lipinski definition) is 2. The molecule has 1 aromatic rings. The van der Waals surface area contributed by atoms with Crippen LogP contribution in [0.2, 0.25) is 0 Å². The Bertz CT molecular complexity index is 338. The molecule has 0 aromatic heterocycles. The first-order valence-electron chi connectivity index (χ1n) is 6.66. The molecule has 1 aliphatic rings. The van der Waals surface area contributed by atoms with Gasteiger partial charge in [-0.15, -0.1) is 0 Å². The minimum atomic E-state index is 0.351. The zero-order valence-electron chi connectivity index (χ0n) is 11.0. The lowest BCUT2D eigenvalue weighted by molar-refractivity contribution is 0.341. The standard InChI is InChI=1S/C15H23NO/c1-3-9-15(10-4-11-16-15)12-13-5-7-14(17-2)8-6-13/h5-8,16H,3-4,9-12H2,1-2H3. The highest BCUT2D eigenvalue weighted by Gasteiger charge is 2.32. The van der Waals surface area contributed by atoms with E-state index >= 15 is 0 Å². The molecule has 1 N–H and O–H groups in total. The van der Waals surface area contributed by atoms with Crippen LogP contribution in [0.25, 0.3) is 0 Å². The lowest BCUT2D eigenvalue weighted by Gasteiger charge is -2.29. The molecule has 1 aromatic carbocycles. The highest BCUT2D eigenvalue weighted by molar-refractivity contribution is 5.28. The van der Waals surface area contributed by atoms with Gasteiger partial charge in [0.05, 0.1) is 7.11 Å². The third-order valence-corrected chi connectivity index (χ3v) is 3.76. The summed E-state index contributed by atoms with van der Waals surface area (Å²) in [5, 5.41) is 3.72. The second-order valence-corrected chi connectivity index (χ2v) is 5.09. The quantitative estimate of drug-likeness (QED) is 0.843. The van der Waals surface area contributed by atoms with Gasteiger partial charge in [-0.05, 0) is 49.9 Å². The Labute approximate surface area is 104 Å². The van der Waals surface area contributed by atoms with Crippen molar-refractivity contribution < 1.29 is 4.74 Å². The number of hydrogen-bond donors (Lipinski definition) is 1. The second-order valence-electron chi connectivity index (χ2n) is 5.09. The van der Waals surface area contributed by atoms with E-state index in [1.54, 1.807) is 7.11 Å². The van der Waals surface area contributed by atoms with Crippen molar-refractivity contribution in [3.8, 4) is 5.75 Å². The zero-order valence-corrected chi connectivity index (χ0v) is 11.0. The summed E-state index contributed by atoms with van der Waals surface area (Å²) in [7, 11) is 1.71. The summed E-state index contributed by atoms with van der Waals surface area (Å²) < 4.78 is 5.20. The van der Waals surface area contributed by atoms with Crippen molar-refractivity contribution >= 4 is 0 Å². The van der Waals surface area contributed by atoms with Crippen molar-refractivity contribution in [3.63, 3.8) is 0 Å². The molecular formula is C15H23NO. The Balaban J connectivity index is 2.06. The molecule has 1 heterocycles. The summed E-state index contributed by atoms with van der Waals surface area (Å²) in [6.45, 7) is 3.45. The Morgan fingerprint density at radius 3 is 2.59 bits per heavy atom. The van der Waals surface area contributed by atoms with E-state index < -0.39 is 0 Å². The number of rotatable bonds is 5. The van der Waals surface area contributed by atoms with Crippen molar-refractivity contribution in [2.24, 2.45) is 0 Å². The summed E-state index contributed by atoms with van der Waals surface area (Å²) in [6.07, 6.45) is 6.30. The third kappa shape index (κ3) is 3.01. The van der Waals surface area contributed by atoms with Gasteiger partial charge in [-0.25, -0.2) is 0 Å². The maximum atomic E-state index is 5.20. The van der Waals surface area contributed by atoms with Crippen LogP contribution in [0.4, 0.5) is 0 Å². The lowest BCUT2D eigenvalue weighted by atomic mass is 9.85. The van der Waals surface area contributed by atoms with Gasteiger partial charge in [0.25, 0.3) is 0 Å². The van der Waals surface area contributed by atoms with Gasteiger partial charge in [0.2, 0.25) is 0 Å². The van der Waals surface area contributed by atoms with Crippen molar-refractivity contribution in [2.75, 3.05) is 13.7 Å². The zero-order chi connectivity index (χ0) is 12.1. The monoisotopic (exact) mass is 233 g/mol. The van der Waals surface area contributed by atoms with E-state index in [1.165, 1.54) is 37.8 Å². The maximum absolute atomic E-state index is 5.20. The fourth-order valence-electron chi connectivity index (χ4n) is 2.93. The molecule has 1 aliphatic heterocycles. The minimum absolute atomic E-state index is 0.351. The molecule has 94 valence electrons. The molecule has 1 fully saturated rings. The summed E-state index contributed by atoms with van der Waals surface area (Å²) in [5.74, 6) is 0.942. The summed E-state index contributed by atoms with van der Waals surface area (Å²) in [5.41, 5.74) is 1.76. The summed E-state index contributed by atoms with van der Waals surface area (Å²) in [4.78, 5) is 0. The predicted octanol–water partition coefficient (Wildman–Crippen LogP) is 3.16. The van der Waals surface area contributed by atoms with Gasteiger partial charge in [0, 0.05) is 5.54 Å². The van der Waals surface area contributed by atoms with Gasteiger partial charge < -0.3 is 10.1 Å². The van der Waals surface area contributed by atoms with Crippen molar-refractivity contribution in [1.82, 2.24) is 5.32 Å². The molecule has 0 spiro atoms. The minimum Gasteiger partial charge on any atom is -0.497 e. The first kappa shape index (κ1) is 12.4. The smallest absolute Gasteiger partial charge is 0.118 e. The highest BCUT2D eigenvalue weighted by Crippen LogP contribution is 2.29. The van der Waals surface area contributed by atoms with Gasteiger partial charge in [-0.1, -0.05) is 25.5 Å². The van der Waals surface area contributed by atoms with Gasteiger partial charge in [-0.3, -0.25) is 0 Å². The Morgan fingerprint density at radius 2 is 2.06 bits per heavy atom. The fourth-order valence-corrected chi connectivity index (χ4v) is 2.93. The summed E-state index contributed by atoms with van der Waals surface area (Å²) in [6, 6.07) is 8.50. The Morgan fingerprint density at radius 1 is 1.29 bits per heavy atom. The van der Waals surface area contributed by atoms with E-state index in [9.17, 15) is 0 Å². The molecule has 1 unspecified atom stereocenters. The topological polar surface area (TPSA) is 21.3 Å². The van der Waals surface area contributed by atoms with Crippen LogP contribution in [-0.4, -0.2) is 19.2 Å². The molecule has 0 saturated carbocycles. The van der Waals surface area contributed by atoms with Crippen LogP contribution in [0.15, 0.2) is 24.3 Å². The fraction of sp³-hybridized carbons (Fsp3) is 0.600. The van der Waals surface area contributed by atoms with E-state index in [-0.39, 0.29) is 0 Å². The highest BCUT2D eigenvalue weighted by atomic mass is 16.5. The molecule has 17 heavy (non-hydrogen) atoms. The van der Waals surface area contributed by atoms with Gasteiger partial charge in [-0.2, -0.15) is 0 Å². The molecule has 0 amide bonds. The lowest BCUT2D eigenvalue weighted by Crippen LogP contribution is -2.41. The van der Waals surface area contributed by atoms with Crippen molar-refractivity contribution in [3.05, 3.63) is 29.8 Å². The Hall–Kier alpha value is -1.02. The molecule has 1 atom stereocenters. The molecule has 2 rings (SSSR count). The number of benzene rings is 1. The first-order chi connectivity index (χ1) is 8.28. The predicted molar refractivity (Wildman–Crippen MR) is 71.6 cm³/mol. The molecule has 1 saturated heterocycles. The van der Waals surface area contributed by atoms with Crippen LogP contribution >= 0.6 is 0 Å². The van der Waals surface area contributed by atoms with Gasteiger partial charge in [0.15, 0.2) is 0 Å². The molecule has 2 heteroatoms. The van der Waals surface area contributed by atoms with Crippen LogP contribution in [0.3, 0.4) is 0 Å². The van der Waals surface area contributed by atoms with Gasteiger partial charge >= 0.3 is 0 Å². The molecule has 0 radical (unpaired) electrons. The normalized spacial score (nSPS) is 23.9. The van der Waals surface area contributed by atoms with E-state index in [0.717, 1.165) is 12.2 Å². The first-order valence-corrected chi connectivity index (χ1v) is 6.66. The van der Waals surface area contributed by atoms with Crippen molar-refractivity contribution in [1.29, 1.82) is 0 Å². The number of nitrogens with one attached hydrogen (secondary N) is 1.